The molecule has 4 aromatic rings. The van der Waals surface area contributed by atoms with Crippen LogP contribution in [-0.4, -0.2) is 28.0 Å². The van der Waals surface area contributed by atoms with Crippen molar-refractivity contribution < 1.29 is 18.1 Å². The quantitative estimate of drug-likeness (QED) is 0.515. The number of benzene rings is 2. The fourth-order valence-corrected chi connectivity index (χ4v) is 2.77. The highest BCUT2D eigenvalue weighted by Crippen LogP contribution is 2.23. The smallest absolute Gasteiger partial charge is 0.258 e. The molecular weight excluding hydrogens is 361 g/mol. The van der Waals surface area contributed by atoms with Crippen LogP contribution in [0.25, 0.3) is 22.8 Å². The lowest BCUT2D eigenvalue weighted by atomic mass is 10.1. The molecule has 0 radical (unpaired) electrons. The van der Waals surface area contributed by atoms with Crippen molar-refractivity contribution in [2.24, 2.45) is 0 Å². The predicted octanol–water partition coefficient (Wildman–Crippen LogP) is 4.41. The van der Waals surface area contributed by atoms with Crippen molar-refractivity contribution >= 4 is 5.91 Å². The molecule has 0 bridgehead atoms. The number of aromatic nitrogens is 2. The van der Waals surface area contributed by atoms with E-state index in [1.165, 1.54) is 12.1 Å². The zero-order valence-corrected chi connectivity index (χ0v) is 15.0. The second-order valence-electron chi connectivity index (χ2n) is 6.25. The SMILES string of the molecule is CN(Cc1ccco1)C(=O)c1cccc(-c2nc(-c3ccc(F)cc3)no2)c1. The number of halogens is 1. The summed E-state index contributed by atoms with van der Waals surface area (Å²) in [5.41, 5.74) is 1.76. The van der Waals surface area contributed by atoms with Crippen LogP contribution in [-0.2, 0) is 6.54 Å². The molecule has 0 aliphatic carbocycles. The number of amides is 1. The molecule has 0 aliphatic heterocycles. The Kier molecular flexibility index (Phi) is 4.72. The Morgan fingerprint density at radius 1 is 1.07 bits per heavy atom. The van der Waals surface area contributed by atoms with E-state index in [1.807, 2.05) is 6.07 Å². The van der Waals surface area contributed by atoms with E-state index in [1.54, 1.807) is 60.7 Å². The summed E-state index contributed by atoms with van der Waals surface area (Å²) in [5.74, 6) is 0.839. The van der Waals surface area contributed by atoms with Crippen molar-refractivity contribution in [3.8, 4) is 22.8 Å². The number of carbonyl (C=O) groups is 1. The molecule has 0 aliphatic rings. The zero-order chi connectivity index (χ0) is 19.5. The van der Waals surface area contributed by atoms with E-state index in [0.29, 0.717) is 34.8 Å². The first-order chi connectivity index (χ1) is 13.6. The topological polar surface area (TPSA) is 72.4 Å². The Balaban J connectivity index is 1.55. The maximum Gasteiger partial charge on any atom is 0.258 e. The molecular formula is C21H16FN3O3. The zero-order valence-electron chi connectivity index (χ0n) is 15.0. The fourth-order valence-electron chi connectivity index (χ4n) is 2.77. The molecule has 140 valence electrons. The summed E-state index contributed by atoms with van der Waals surface area (Å²) >= 11 is 0. The van der Waals surface area contributed by atoms with E-state index < -0.39 is 0 Å². The van der Waals surface area contributed by atoms with Gasteiger partial charge < -0.3 is 13.8 Å². The number of carbonyl (C=O) groups excluding carboxylic acids is 1. The molecule has 1 amide bonds. The normalized spacial score (nSPS) is 10.8. The highest BCUT2D eigenvalue weighted by molar-refractivity contribution is 5.95. The fraction of sp³-hybridized carbons (Fsp3) is 0.0952. The van der Waals surface area contributed by atoms with Crippen molar-refractivity contribution in [3.63, 3.8) is 0 Å². The summed E-state index contributed by atoms with van der Waals surface area (Å²) in [7, 11) is 1.71. The van der Waals surface area contributed by atoms with E-state index >= 15 is 0 Å². The van der Waals surface area contributed by atoms with Crippen LogP contribution < -0.4 is 0 Å². The molecule has 2 aromatic heterocycles. The Bertz CT molecular complexity index is 1090. The molecule has 6 nitrogen and oxygen atoms in total. The van der Waals surface area contributed by atoms with E-state index in [0.717, 1.165) is 0 Å². The van der Waals surface area contributed by atoms with Gasteiger partial charge in [0, 0.05) is 23.7 Å². The van der Waals surface area contributed by atoms with Gasteiger partial charge in [0.2, 0.25) is 5.82 Å². The number of rotatable bonds is 5. The third-order valence-electron chi connectivity index (χ3n) is 4.20. The monoisotopic (exact) mass is 377 g/mol. The summed E-state index contributed by atoms with van der Waals surface area (Å²) in [6.45, 7) is 0.366. The number of hydrogen-bond acceptors (Lipinski definition) is 5. The summed E-state index contributed by atoms with van der Waals surface area (Å²) in [4.78, 5) is 18.6. The minimum atomic E-state index is -0.336. The molecule has 0 atom stereocenters. The second-order valence-corrected chi connectivity index (χ2v) is 6.25. The largest absolute Gasteiger partial charge is 0.467 e. The molecule has 4 rings (SSSR count). The van der Waals surface area contributed by atoms with Crippen LogP contribution >= 0.6 is 0 Å². The Hall–Kier alpha value is -3.74. The van der Waals surface area contributed by atoms with Crippen molar-refractivity contribution in [1.82, 2.24) is 15.0 Å². The minimum absolute atomic E-state index is 0.156. The average Bonchev–Trinajstić information content (AvgIpc) is 3.40. The third kappa shape index (κ3) is 3.68. The van der Waals surface area contributed by atoms with Crippen molar-refractivity contribution in [2.45, 2.75) is 6.54 Å². The lowest BCUT2D eigenvalue weighted by Crippen LogP contribution is -2.25. The molecule has 28 heavy (non-hydrogen) atoms. The summed E-state index contributed by atoms with van der Waals surface area (Å²) < 4.78 is 23.7. The molecule has 0 saturated heterocycles. The van der Waals surface area contributed by atoms with Crippen LogP contribution in [0.4, 0.5) is 4.39 Å². The van der Waals surface area contributed by atoms with Crippen molar-refractivity contribution in [1.29, 1.82) is 0 Å². The minimum Gasteiger partial charge on any atom is -0.467 e. The Labute approximate surface area is 160 Å². The van der Waals surface area contributed by atoms with Crippen LogP contribution in [0, 0.1) is 5.82 Å². The number of nitrogens with zero attached hydrogens (tertiary/aromatic N) is 3. The van der Waals surface area contributed by atoms with Crippen LogP contribution in [0.15, 0.2) is 75.9 Å². The van der Waals surface area contributed by atoms with E-state index in [4.69, 9.17) is 8.94 Å². The molecule has 0 N–H and O–H groups in total. The standard InChI is InChI=1S/C21H16FN3O3/c1-25(13-18-6-3-11-27-18)21(26)16-5-2-4-15(12-16)20-23-19(24-28-20)14-7-9-17(22)10-8-14/h2-12H,13H2,1H3. The molecule has 0 spiro atoms. The van der Waals surface area contributed by atoms with Gasteiger partial charge >= 0.3 is 0 Å². The number of hydrogen-bond donors (Lipinski definition) is 0. The van der Waals surface area contributed by atoms with Crippen LogP contribution in [0.2, 0.25) is 0 Å². The predicted molar refractivity (Wildman–Crippen MR) is 99.6 cm³/mol. The lowest BCUT2D eigenvalue weighted by molar-refractivity contribution is 0.0775. The van der Waals surface area contributed by atoms with Gasteiger partial charge in [0.1, 0.15) is 11.6 Å². The van der Waals surface area contributed by atoms with E-state index in [9.17, 15) is 9.18 Å². The molecule has 0 fully saturated rings. The highest BCUT2D eigenvalue weighted by Gasteiger charge is 2.16. The maximum atomic E-state index is 13.1. The van der Waals surface area contributed by atoms with Crippen molar-refractivity contribution in [2.75, 3.05) is 7.05 Å². The van der Waals surface area contributed by atoms with Gasteiger partial charge in [-0.1, -0.05) is 11.2 Å². The molecule has 0 unspecified atom stereocenters. The van der Waals surface area contributed by atoms with Gasteiger partial charge in [0.05, 0.1) is 12.8 Å². The lowest BCUT2D eigenvalue weighted by Gasteiger charge is -2.16. The van der Waals surface area contributed by atoms with Crippen LogP contribution in [0.5, 0.6) is 0 Å². The molecule has 2 heterocycles. The van der Waals surface area contributed by atoms with Gasteiger partial charge in [0.25, 0.3) is 11.8 Å². The molecule has 0 saturated carbocycles. The highest BCUT2D eigenvalue weighted by atomic mass is 19.1. The average molecular weight is 377 g/mol. The van der Waals surface area contributed by atoms with Gasteiger partial charge in [-0.3, -0.25) is 4.79 Å². The first-order valence-electron chi connectivity index (χ1n) is 8.58. The van der Waals surface area contributed by atoms with Gasteiger partial charge in [-0.25, -0.2) is 4.39 Å². The summed E-state index contributed by atoms with van der Waals surface area (Å²) in [5, 5.41) is 3.94. The van der Waals surface area contributed by atoms with E-state index in [-0.39, 0.29) is 17.6 Å². The number of furan rings is 1. The van der Waals surface area contributed by atoms with Gasteiger partial charge in [-0.15, -0.1) is 0 Å². The first-order valence-corrected chi connectivity index (χ1v) is 8.58. The van der Waals surface area contributed by atoms with Crippen LogP contribution in [0.1, 0.15) is 16.1 Å². The summed E-state index contributed by atoms with van der Waals surface area (Å²) in [6.07, 6.45) is 1.57. The van der Waals surface area contributed by atoms with Gasteiger partial charge in [0.15, 0.2) is 0 Å². The Morgan fingerprint density at radius 3 is 2.64 bits per heavy atom. The molecule has 7 heteroatoms. The van der Waals surface area contributed by atoms with Crippen LogP contribution in [0.3, 0.4) is 0 Å². The third-order valence-corrected chi connectivity index (χ3v) is 4.20. The molecule has 2 aromatic carbocycles. The maximum absolute atomic E-state index is 13.1. The first kappa shape index (κ1) is 17.7. The van der Waals surface area contributed by atoms with E-state index in [2.05, 4.69) is 10.1 Å². The van der Waals surface area contributed by atoms with Gasteiger partial charge in [-0.2, -0.15) is 4.98 Å². The van der Waals surface area contributed by atoms with Gasteiger partial charge in [-0.05, 0) is 54.6 Å². The second kappa shape index (κ2) is 7.48. The van der Waals surface area contributed by atoms with Crippen molar-refractivity contribution in [3.05, 3.63) is 84.1 Å². The Morgan fingerprint density at radius 2 is 1.89 bits per heavy atom. The summed E-state index contributed by atoms with van der Waals surface area (Å²) in [6, 6.07) is 16.4.